The largest absolute Gasteiger partial charge is 0.336 e. The highest BCUT2D eigenvalue weighted by molar-refractivity contribution is 5.74. The van der Waals surface area contributed by atoms with Gasteiger partial charge in [0.25, 0.3) is 0 Å². The Morgan fingerprint density at radius 3 is 2.86 bits per heavy atom. The molecule has 0 N–H and O–H groups in total. The van der Waals surface area contributed by atoms with E-state index in [1.807, 2.05) is 11.0 Å². The Morgan fingerprint density at radius 2 is 2.14 bits per heavy atom. The van der Waals surface area contributed by atoms with Gasteiger partial charge in [0.2, 0.25) is 5.91 Å². The van der Waals surface area contributed by atoms with E-state index in [0.717, 1.165) is 13.0 Å². The van der Waals surface area contributed by atoms with Gasteiger partial charge in [0.1, 0.15) is 0 Å². The molecule has 14 heavy (non-hydrogen) atoms. The molecule has 0 bridgehead atoms. The third kappa shape index (κ3) is 1.41. The fourth-order valence-corrected chi connectivity index (χ4v) is 2.20. The van der Waals surface area contributed by atoms with E-state index in [2.05, 4.69) is 25.1 Å². The molecular formula is C12H15NO. The SMILES string of the molecule is CC(=O)N1CCc2ccccc2C1C. The number of carbonyl (C=O) groups is 1. The number of benzene rings is 1. The van der Waals surface area contributed by atoms with Gasteiger partial charge < -0.3 is 4.90 Å². The molecule has 1 heterocycles. The van der Waals surface area contributed by atoms with Crippen LogP contribution >= 0.6 is 0 Å². The van der Waals surface area contributed by atoms with Gasteiger partial charge in [0.05, 0.1) is 6.04 Å². The van der Waals surface area contributed by atoms with Crippen LogP contribution in [0, 0.1) is 0 Å². The summed E-state index contributed by atoms with van der Waals surface area (Å²) in [5.41, 5.74) is 2.69. The van der Waals surface area contributed by atoms with Crippen molar-refractivity contribution < 1.29 is 4.79 Å². The first-order valence-corrected chi connectivity index (χ1v) is 5.05. The number of hydrogen-bond acceptors (Lipinski definition) is 1. The van der Waals surface area contributed by atoms with E-state index in [-0.39, 0.29) is 11.9 Å². The van der Waals surface area contributed by atoms with E-state index < -0.39 is 0 Å². The summed E-state index contributed by atoms with van der Waals surface area (Å²) in [6, 6.07) is 8.62. The lowest BCUT2D eigenvalue weighted by atomic mass is 9.94. The second-order valence-corrected chi connectivity index (χ2v) is 3.84. The van der Waals surface area contributed by atoms with Gasteiger partial charge >= 0.3 is 0 Å². The molecule has 2 nitrogen and oxygen atoms in total. The molecule has 1 unspecified atom stereocenters. The maximum Gasteiger partial charge on any atom is 0.219 e. The lowest BCUT2D eigenvalue weighted by molar-refractivity contribution is -0.131. The highest BCUT2D eigenvalue weighted by atomic mass is 16.2. The molecule has 0 fully saturated rings. The number of amides is 1. The summed E-state index contributed by atoms with van der Waals surface area (Å²) >= 11 is 0. The molecular weight excluding hydrogens is 174 g/mol. The third-order valence-corrected chi connectivity index (χ3v) is 3.00. The van der Waals surface area contributed by atoms with E-state index in [4.69, 9.17) is 0 Å². The average molecular weight is 189 g/mol. The van der Waals surface area contributed by atoms with Crippen molar-refractivity contribution in [2.75, 3.05) is 6.54 Å². The van der Waals surface area contributed by atoms with Crippen molar-refractivity contribution in [2.45, 2.75) is 26.3 Å². The molecule has 1 aromatic carbocycles. The van der Waals surface area contributed by atoms with Gasteiger partial charge in [0, 0.05) is 13.5 Å². The quantitative estimate of drug-likeness (QED) is 0.612. The summed E-state index contributed by atoms with van der Waals surface area (Å²) in [5.74, 6) is 0.173. The standard InChI is InChI=1S/C12H15NO/c1-9-12-6-4-3-5-11(12)7-8-13(9)10(2)14/h3-6,9H,7-8H2,1-2H3. The summed E-state index contributed by atoms with van der Waals surface area (Å²) in [6.45, 7) is 4.59. The minimum absolute atomic E-state index is 0.173. The average Bonchev–Trinajstić information content (AvgIpc) is 2.18. The van der Waals surface area contributed by atoms with E-state index >= 15 is 0 Å². The molecule has 2 heteroatoms. The molecule has 74 valence electrons. The Balaban J connectivity index is 2.36. The first kappa shape index (κ1) is 9.25. The van der Waals surface area contributed by atoms with Crippen molar-refractivity contribution in [3.05, 3.63) is 35.4 Å². The van der Waals surface area contributed by atoms with Crippen molar-refractivity contribution in [2.24, 2.45) is 0 Å². The van der Waals surface area contributed by atoms with Crippen LogP contribution in [0.15, 0.2) is 24.3 Å². The van der Waals surface area contributed by atoms with Crippen LogP contribution in [0.4, 0.5) is 0 Å². The van der Waals surface area contributed by atoms with Gasteiger partial charge in [-0.15, -0.1) is 0 Å². The van der Waals surface area contributed by atoms with E-state index in [1.165, 1.54) is 11.1 Å². The van der Waals surface area contributed by atoms with Gasteiger partial charge in [-0.1, -0.05) is 24.3 Å². The Bertz CT molecular complexity index is 359. The minimum Gasteiger partial charge on any atom is -0.336 e. The monoisotopic (exact) mass is 189 g/mol. The first-order chi connectivity index (χ1) is 6.70. The molecule has 0 saturated carbocycles. The van der Waals surface area contributed by atoms with Crippen molar-refractivity contribution in [1.29, 1.82) is 0 Å². The van der Waals surface area contributed by atoms with Crippen LogP contribution in [0.1, 0.15) is 31.0 Å². The number of rotatable bonds is 0. The Morgan fingerprint density at radius 1 is 1.43 bits per heavy atom. The fourth-order valence-electron chi connectivity index (χ4n) is 2.20. The summed E-state index contributed by atoms with van der Waals surface area (Å²) in [6.07, 6.45) is 0.986. The molecule has 2 rings (SSSR count). The molecule has 1 aliphatic rings. The molecule has 0 saturated heterocycles. The molecule has 1 aliphatic heterocycles. The predicted molar refractivity (Wildman–Crippen MR) is 55.9 cm³/mol. The minimum atomic E-state index is 0.173. The van der Waals surface area contributed by atoms with Crippen molar-refractivity contribution in [3.8, 4) is 0 Å². The molecule has 1 aromatic rings. The zero-order valence-corrected chi connectivity index (χ0v) is 8.66. The molecule has 0 aliphatic carbocycles. The first-order valence-electron chi connectivity index (χ1n) is 5.05. The van der Waals surface area contributed by atoms with Crippen molar-refractivity contribution in [1.82, 2.24) is 4.90 Å². The van der Waals surface area contributed by atoms with Crippen LogP contribution in [0.25, 0.3) is 0 Å². The molecule has 0 radical (unpaired) electrons. The van der Waals surface area contributed by atoms with E-state index in [9.17, 15) is 4.79 Å². The highest BCUT2D eigenvalue weighted by Gasteiger charge is 2.24. The second kappa shape index (κ2) is 3.45. The van der Waals surface area contributed by atoms with Gasteiger partial charge in [-0.05, 0) is 24.5 Å². The lowest BCUT2D eigenvalue weighted by Crippen LogP contribution is -2.37. The summed E-state index contributed by atoms with van der Waals surface area (Å²) < 4.78 is 0. The highest BCUT2D eigenvalue weighted by Crippen LogP contribution is 2.28. The predicted octanol–water partition coefficient (Wildman–Crippen LogP) is 2.15. The van der Waals surface area contributed by atoms with Crippen molar-refractivity contribution >= 4 is 5.91 Å². The van der Waals surface area contributed by atoms with Crippen LogP contribution in [0.5, 0.6) is 0 Å². The van der Waals surface area contributed by atoms with E-state index in [1.54, 1.807) is 6.92 Å². The zero-order valence-electron chi connectivity index (χ0n) is 8.66. The van der Waals surface area contributed by atoms with E-state index in [0.29, 0.717) is 0 Å². The topological polar surface area (TPSA) is 20.3 Å². The molecule has 0 aromatic heterocycles. The maximum absolute atomic E-state index is 11.3. The fraction of sp³-hybridized carbons (Fsp3) is 0.417. The Labute approximate surface area is 84.5 Å². The van der Waals surface area contributed by atoms with Crippen LogP contribution in [0.2, 0.25) is 0 Å². The normalized spacial score (nSPS) is 20.4. The zero-order chi connectivity index (χ0) is 10.1. The van der Waals surface area contributed by atoms with Gasteiger partial charge in [-0.25, -0.2) is 0 Å². The van der Waals surface area contributed by atoms with Gasteiger partial charge in [-0.3, -0.25) is 4.79 Å². The third-order valence-electron chi connectivity index (χ3n) is 3.00. The smallest absolute Gasteiger partial charge is 0.219 e. The second-order valence-electron chi connectivity index (χ2n) is 3.84. The van der Waals surface area contributed by atoms with Gasteiger partial charge in [0.15, 0.2) is 0 Å². The Kier molecular flexibility index (Phi) is 2.28. The van der Waals surface area contributed by atoms with Crippen LogP contribution < -0.4 is 0 Å². The number of nitrogens with zero attached hydrogens (tertiary/aromatic N) is 1. The molecule has 1 atom stereocenters. The number of fused-ring (bicyclic) bond motifs is 1. The molecule has 0 spiro atoms. The maximum atomic E-state index is 11.3. The summed E-state index contributed by atoms with van der Waals surface area (Å²) in [4.78, 5) is 13.3. The lowest BCUT2D eigenvalue weighted by Gasteiger charge is -2.34. The summed E-state index contributed by atoms with van der Waals surface area (Å²) in [7, 11) is 0. The number of hydrogen-bond donors (Lipinski definition) is 0. The van der Waals surface area contributed by atoms with Crippen LogP contribution in [-0.4, -0.2) is 17.4 Å². The Hall–Kier alpha value is -1.31. The molecule has 1 amide bonds. The van der Waals surface area contributed by atoms with Gasteiger partial charge in [-0.2, -0.15) is 0 Å². The summed E-state index contributed by atoms with van der Waals surface area (Å²) in [5, 5.41) is 0. The van der Waals surface area contributed by atoms with Crippen molar-refractivity contribution in [3.63, 3.8) is 0 Å². The number of carbonyl (C=O) groups excluding carboxylic acids is 1. The van der Waals surface area contributed by atoms with Crippen LogP contribution in [0.3, 0.4) is 0 Å². The van der Waals surface area contributed by atoms with Crippen LogP contribution in [-0.2, 0) is 11.2 Å².